The molecule has 7 heteroatoms. The van der Waals surface area contributed by atoms with Gasteiger partial charge in [-0.3, -0.25) is 0 Å². The highest BCUT2D eigenvalue weighted by molar-refractivity contribution is 7.88. The van der Waals surface area contributed by atoms with Gasteiger partial charge in [-0.1, -0.05) is 19.8 Å². The van der Waals surface area contributed by atoms with Gasteiger partial charge in [0.25, 0.3) is 0 Å². The number of nitrogens with zero attached hydrogens (tertiary/aromatic N) is 2. The van der Waals surface area contributed by atoms with Crippen molar-refractivity contribution in [2.24, 2.45) is 16.2 Å². The van der Waals surface area contributed by atoms with E-state index in [1.165, 1.54) is 13.1 Å². The van der Waals surface area contributed by atoms with E-state index >= 15 is 0 Å². The number of hydrogen-bond acceptors (Lipinski definition) is 3. The zero-order chi connectivity index (χ0) is 14.2. The minimum atomic E-state index is -3.90. The monoisotopic (exact) mass is 286 g/mol. The van der Waals surface area contributed by atoms with Crippen molar-refractivity contribution in [3.8, 4) is 0 Å². The average Bonchev–Trinajstić information content (AvgIpc) is 2.33. The third-order valence-corrected chi connectivity index (χ3v) is 5.17. The molecule has 1 aliphatic heterocycles. The molecule has 6 nitrogen and oxygen atoms in total. The van der Waals surface area contributed by atoms with Gasteiger partial charge in [-0.05, 0) is 24.8 Å². The van der Waals surface area contributed by atoms with Gasteiger partial charge in [0.05, 0.1) is 5.71 Å². The topological polar surface area (TPSA) is 87.0 Å². The lowest BCUT2D eigenvalue weighted by Gasteiger charge is -2.29. The Kier molecular flexibility index (Phi) is 3.66. The Morgan fingerprint density at radius 2 is 1.95 bits per heavy atom. The second-order valence-electron chi connectivity index (χ2n) is 5.25. The van der Waals surface area contributed by atoms with E-state index in [4.69, 9.17) is 5.11 Å². The number of rotatable bonds is 2. The molecule has 106 valence electrons. The van der Waals surface area contributed by atoms with Crippen LogP contribution in [0.15, 0.2) is 16.2 Å². The molecule has 19 heavy (non-hydrogen) atoms. The molecule has 1 saturated carbocycles. The van der Waals surface area contributed by atoms with Gasteiger partial charge in [0.1, 0.15) is 5.70 Å². The van der Waals surface area contributed by atoms with Crippen molar-refractivity contribution in [2.75, 3.05) is 7.05 Å². The minimum Gasteiger partial charge on any atom is -0.477 e. The normalized spacial score (nSPS) is 30.5. The molecular formula is C12H18N2O4S. The van der Waals surface area contributed by atoms with Crippen molar-refractivity contribution in [3.05, 3.63) is 11.8 Å². The summed E-state index contributed by atoms with van der Waals surface area (Å²) in [5, 5.41) is 9.07. The first-order valence-electron chi connectivity index (χ1n) is 6.35. The Bertz CT molecular complexity index is 542. The highest BCUT2D eigenvalue weighted by Gasteiger charge is 2.32. The predicted molar refractivity (Wildman–Crippen MR) is 71.0 cm³/mol. The minimum absolute atomic E-state index is 0.0500. The van der Waals surface area contributed by atoms with Gasteiger partial charge in [0.2, 0.25) is 0 Å². The molecule has 0 spiro atoms. The summed E-state index contributed by atoms with van der Waals surface area (Å²) in [6.07, 6.45) is 5.17. The third kappa shape index (κ3) is 2.80. The number of hydrogen-bond donors (Lipinski definition) is 1. The number of allylic oxidation sites excluding steroid dienone is 1. The van der Waals surface area contributed by atoms with E-state index in [1.807, 2.05) is 0 Å². The lowest BCUT2D eigenvalue weighted by atomic mass is 9.80. The number of likely N-dealkylation sites (N-methyl/N-ethyl adjacent to an activating group) is 1. The van der Waals surface area contributed by atoms with Gasteiger partial charge in [-0.2, -0.15) is 8.42 Å². The maximum atomic E-state index is 11.8. The van der Waals surface area contributed by atoms with Gasteiger partial charge in [-0.25, -0.2) is 9.10 Å². The molecule has 0 aromatic heterocycles. The Hall–Kier alpha value is -1.37. The molecule has 0 atom stereocenters. The van der Waals surface area contributed by atoms with Crippen LogP contribution in [0.1, 0.15) is 32.6 Å². The molecule has 0 amide bonds. The zero-order valence-electron chi connectivity index (χ0n) is 11.0. The first-order chi connectivity index (χ1) is 8.81. The largest absolute Gasteiger partial charge is 0.477 e. The van der Waals surface area contributed by atoms with Crippen LogP contribution >= 0.6 is 0 Å². The molecule has 0 bridgehead atoms. The molecule has 0 aromatic carbocycles. The van der Waals surface area contributed by atoms with Gasteiger partial charge < -0.3 is 5.11 Å². The van der Waals surface area contributed by atoms with Gasteiger partial charge >= 0.3 is 16.2 Å². The van der Waals surface area contributed by atoms with Crippen molar-refractivity contribution >= 4 is 21.9 Å². The zero-order valence-corrected chi connectivity index (χ0v) is 11.9. The van der Waals surface area contributed by atoms with Crippen molar-refractivity contribution < 1.29 is 18.3 Å². The summed E-state index contributed by atoms with van der Waals surface area (Å²) in [4.78, 5) is 11.1. The fraction of sp³-hybridized carbons (Fsp3) is 0.667. The molecule has 2 rings (SSSR count). The molecule has 0 radical (unpaired) electrons. The average molecular weight is 286 g/mol. The summed E-state index contributed by atoms with van der Waals surface area (Å²) in [6.45, 7) is 2.17. The van der Waals surface area contributed by atoms with E-state index in [9.17, 15) is 13.2 Å². The Morgan fingerprint density at radius 1 is 1.37 bits per heavy atom. The summed E-state index contributed by atoms with van der Waals surface area (Å²) in [6, 6.07) is 0. The predicted octanol–water partition coefficient (Wildman–Crippen LogP) is 1.41. The molecule has 2 aliphatic rings. The van der Waals surface area contributed by atoms with Crippen LogP contribution in [0.2, 0.25) is 0 Å². The molecule has 0 saturated heterocycles. The second kappa shape index (κ2) is 4.96. The molecule has 1 N–H and O–H groups in total. The molecule has 1 heterocycles. The smallest absolute Gasteiger partial charge is 0.353 e. The van der Waals surface area contributed by atoms with Gasteiger partial charge in [0, 0.05) is 13.0 Å². The van der Waals surface area contributed by atoms with E-state index < -0.39 is 16.2 Å². The van der Waals surface area contributed by atoms with Crippen LogP contribution in [0.4, 0.5) is 0 Å². The number of carboxylic acids is 1. The maximum Gasteiger partial charge on any atom is 0.353 e. The lowest BCUT2D eigenvalue weighted by molar-refractivity contribution is -0.133. The van der Waals surface area contributed by atoms with Crippen molar-refractivity contribution in [1.29, 1.82) is 0 Å². The van der Waals surface area contributed by atoms with Crippen LogP contribution in [0.5, 0.6) is 0 Å². The van der Waals surface area contributed by atoms with Crippen LogP contribution in [-0.4, -0.2) is 36.6 Å². The number of carboxylic acid groups (broad SMARTS) is 1. The Labute approximate surface area is 113 Å². The van der Waals surface area contributed by atoms with Gasteiger partial charge in [-0.15, -0.1) is 4.40 Å². The summed E-state index contributed by atoms with van der Waals surface area (Å²) < 4.78 is 28.2. The lowest BCUT2D eigenvalue weighted by Crippen LogP contribution is -2.35. The highest BCUT2D eigenvalue weighted by atomic mass is 32.2. The maximum absolute atomic E-state index is 11.8. The van der Waals surface area contributed by atoms with E-state index in [-0.39, 0.29) is 11.6 Å². The van der Waals surface area contributed by atoms with Crippen LogP contribution in [0, 0.1) is 11.8 Å². The quantitative estimate of drug-likeness (QED) is 0.831. The van der Waals surface area contributed by atoms with Crippen LogP contribution in [0.3, 0.4) is 0 Å². The first kappa shape index (κ1) is 14.0. The molecule has 0 unspecified atom stereocenters. The van der Waals surface area contributed by atoms with E-state index in [0.29, 0.717) is 15.9 Å². The fourth-order valence-corrected chi connectivity index (χ4v) is 3.49. The summed E-state index contributed by atoms with van der Waals surface area (Å²) >= 11 is 0. The van der Waals surface area contributed by atoms with E-state index in [2.05, 4.69) is 11.3 Å². The summed E-state index contributed by atoms with van der Waals surface area (Å²) in [7, 11) is -2.69. The number of carbonyl (C=O) groups is 1. The van der Waals surface area contributed by atoms with Crippen LogP contribution < -0.4 is 0 Å². The number of aliphatic carboxylic acids is 1. The Morgan fingerprint density at radius 3 is 2.47 bits per heavy atom. The SMILES string of the molecule is CC1CCC(C2=NS(=O)(=O)N(C)C(C(=O)O)=C2)CC1. The summed E-state index contributed by atoms with van der Waals surface area (Å²) in [5.74, 6) is -0.556. The molecule has 1 aliphatic carbocycles. The van der Waals surface area contributed by atoms with Gasteiger partial charge in [0.15, 0.2) is 0 Å². The van der Waals surface area contributed by atoms with Crippen LogP contribution in [0.25, 0.3) is 0 Å². The van der Waals surface area contributed by atoms with Crippen molar-refractivity contribution in [1.82, 2.24) is 4.31 Å². The molecule has 0 aromatic rings. The van der Waals surface area contributed by atoms with Crippen LogP contribution in [-0.2, 0) is 15.0 Å². The standard InChI is InChI=1S/C12H18N2O4S/c1-8-3-5-9(6-4-8)10-7-11(12(15)16)14(2)19(17,18)13-10/h7-9H,3-6H2,1-2H3,(H,15,16). The first-order valence-corrected chi connectivity index (χ1v) is 7.74. The molecular weight excluding hydrogens is 268 g/mol. The Balaban J connectivity index is 2.32. The van der Waals surface area contributed by atoms with E-state index in [1.54, 1.807) is 0 Å². The van der Waals surface area contributed by atoms with E-state index in [0.717, 1.165) is 25.7 Å². The van der Waals surface area contributed by atoms with Crippen molar-refractivity contribution in [3.63, 3.8) is 0 Å². The molecule has 1 fully saturated rings. The fourth-order valence-electron chi connectivity index (χ4n) is 2.52. The second-order valence-corrected chi connectivity index (χ2v) is 6.88. The van der Waals surface area contributed by atoms with Crippen molar-refractivity contribution in [2.45, 2.75) is 32.6 Å². The highest BCUT2D eigenvalue weighted by Crippen LogP contribution is 2.32. The summed E-state index contributed by atoms with van der Waals surface area (Å²) in [5.41, 5.74) is 0.158. The third-order valence-electron chi connectivity index (χ3n) is 3.84.